The molecule has 0 N–H and O–H groups in total. The van der Waals surface area contributed by atoms with Crippen molar-refractivity contribution in [1.29, 1.82) is 0 Å². The maximum atomic E-state index is 11.1. The summed E-state index contributed by atoms with van der Waals surface area (Å²) >= 11 is 0. The first-order valence-corrected chi connectivity index (χ1v) is 4.59. The van der Waals surface area contributed by atoms with Gasteiger partial charge in [-0.2, -0.15) is 0 Å². The first kappa shape index (κ1) is 11.4. The van der Waals surface area contributed by atoms with E-state index in [4.69, 9.17) is 4.74 Å². The van der Waals surface area contributed by atoms with Crippen molar-refractivity contribution in [3.8, 4) is 5.75 Å². The summed E-state index contributed by atoms with van der Waals surface area (Å²) in [7, 11) is 1.32. The van der Waals surface area contributed by atoms with Crippen molar-refractivity contribution in [1.82, 2.24) is 9.97 Å². The van der Waals surface area contributed by atoms with E-state index < -0.39 is 12.1 Å². The van der Waals surface area contributed by atoms with E-state index in [9.17, 15) is 4.79 Å². The number of ether oxygens (including phenoxy) is 2. The second-order valence-electron chi connectivity index (χ2n) is 3.15. The molecule has 0 unspecified atom stereocenters. The molecule has 1 aromatic heterocycles. The molecule has 1 atom stereocenters. The Labute approximate surface area is 88.4 Å². The van der Waals surface area contributed by atoms with Crippen LogP contribution in [0.5, 0.6) is 5.75 Å². The van der Waals surface area contributed by atoms with Gasteiger partial charge in [-0.05, 0) is 20.8 Å². The van der Waals surface area contributed by atoms with Gasteiger partial charge in [0.15, 0.2) is 11.9 Å². The van der Waals surface area contributed by atoms with Crippen molar-refractivity contribution in [2.24, 2.45) is 0 Å². The maximum Gasteiger partial charge on any atom is 0.346 e. The van der Waals surface area contributed by atoms with E-state index in [-0.39, 0.29) is 0 Å². The Bertz CT molecular complexity index is 366. The molecule has 82 valence electrons. The largest absolute Gasteiger partial charge is 0.475 e. The highest BCUT2D eigenvalue weighted by atomic mass is 16.6. The average Bonchev–Trinajstić information content (AvgIpc) is 2.20. The fraction of sp³-hybridized carbons (Fsp3) is 0.500. The Hall–Kier alpha value is -1.65. The first-order valence-electron chi connectivity index (χ1n) is 4.59. The average molecular weight is 210 g/mol. The van der Waals surface area contributed by atoms with Crippen LogP contribution in [0, 0.1) is 13.8 Å². The lowest BCUT2D eigenvalue weighted by Crippen LogP contribution is -2.25. The van der Waals surface area contributed by atoms with E-state index in [2.05, 4.69) is 14.7 Å². The molecule has 0 saturated carbocycles. The SMILES string of the molecule is COC(=O)[C@@H](C)Oc1cnc(C)nc1C. The predicted molar refractivity (Wildman–Crippen MR) is 53.6 cm³/mol. The van der Waals surface area contributed by atoms with Crippen molar-refractivity contribution in [3.63, 3.8) is 0 Å². The Morgan fingerprint density at radius 2 is 2.13 bits per heavy atom. The monoisotopic (exact) mass is 210 g/mol. The van der Waals surface area contributed by atoms with Crippen molar-refractivity contribution in [3.05, 3.63) is 17.7 Å². The van der Waals surface area contributed by atoms with Gasteiger partial charge in [0.2, 0.25) is 0 Å². The highest BCUT2D eigenvalue weighted by Crippen LogP contribution is 2.15. The van der Waals surface area contributed by atoms with Gasteiger partial charge >= 0.3 is 5.97 Å². The van der Waals surface area contributed by atoms with Crippen molar-refractivity contribution < 1.29 is 14.3 Å². The fourth-order valence-electron chi connectivity index (χ4n) is 1.09. The van der Waals surface area contributed by atoms with Crippen LogP contribution in [0.4, 0.5) is 0 Å². The minimum absolute atomic E-state index is 0.421. The predicted octanol–water partition coefficient (Wildman–Crippen LogP) is 1.03. The highest BCUT2D eigenvalue weighted by Gasteiger charge is 2.16. The molecule has 0 aromatic carbocycles. The normalized spacial score (nSPS) is 12.0. The molecule has 0 aliphatic heterocycles. The van der Waals surface area contributed by atoms with Gasteiger partial charge in [0.1, 0.15) is 5.82 Å². The molecule has 1 aromatic rings. The standard InChI is InChI=1S/C10H14N2O3/c1-6-9(5-11-8(3)12-6)15-7(2)10(13)14-4/h5,7H,1-4H3/t7-/m1/s1. The van der Waals surface area contributed by atoms with Gasteiger partial charge in [0.05, 0.1) is 19.0 Å². The van der Waals surface area contributed by atoms with Crippen LogP contribution in [0.1, 0.15) is 18.4 Å². The maximum absolute atomic E-state index is 11.1. The van der Waals surface area contributed by atoms with E-state index in [1.807, 2.05) is 0 Å². The van der Waals surface area contributed by atoms with Crippen LogP contribution in [0.2, 0.25) is 0 Å². The van der Waals surface area contributed by atoms with Crippen molar-refractivity contribution in [2.45, 2.75) is 26.9 Å². The van der Waals surface area contributed by atoms with Gasteiger partial charge in [0, 0.05) is 0 Å². The van der Waals surface area contributed by atoms with E-state index in [0.717, 1.165) is 0 Å². The summed E-state index contributed by atoms with van der Waals surface area (Å²) in [5.74, 6) is 0.749. The number of aryl methyl sites for hydroxylation is 2. The second kappa shape index (κ2) is 4.72. The lowest BCUT2D eigenvalue weighted by Gasteiger charge is -2.13. The van der Waals surface area contributed by atoms with Gasteiger partial charge in [-0.15, -0.1) is 0 Å². The molecule has 0 bridgehead atoms. The second-order valence-corrected chi connectivity index (χ2v) is 3.15. The van der Waals surface area contributed by atoms with Crippen LogP contribution >= 0.6 is 0 Å². The summed E-state index contributed by atoms with van der Waals surface area (Å²) in [6.07, 6.45) is 0.900. The van der Waals surface area contributed by atoms with Crippen molar-refractivity contribution >= 4 is 5.97 Å². The molecule has 0 aliphatic rings. The van der Waals surface area contributed by atoms with E-state index >= 15 is 0 Å². The number of carbonyl (C=O) groups is 1. The zero-order valence-corrected chi connectivity index (χ0v) is 9.27. The molecule has 0 fully saturated rings. The third-order valence-corrected chi connectivity index (χ3v) is 1.89. The Balaban J connectivity index is 2.76. The molecule has 1 heterocycles. The summed E-state index contributed by atoms with van der Waals surface area (Å²) in [6.45, 7) is 5.21. The highest BCUT2D eigenvalue weighted by molar-refractivity contribution is 5.74. The molecule has 5 nitrogen and oxygen atoms in total. The molecule has 5 heteroatoms. The summed E-state index contributed by atoms with van der Waals surface area (Å²) in [4.78, 5) is 19.2. The van der Waals surface area contributed by atoms with Crippen LogP contribution in [-0.2, 0) is 9.53 Å². The molecule has 0 spiro atoms. The van der Waals surface area contributed by atoms with Gasteiger partial charge in [0.25, 0.3) is 0 Å². The minimum atomic E-state index is -0.653. The molecular formula is C10H14N2O3. The third-order valence-electron chi connectivity index (χ3n) is 1.89. The lowest BCUT2D eigenvalue weighted by molar-refractivity contribution is -0.147. The smallest absolute Gasteiger partial charge is 0.346 e. The molecule has 15 heavy (non-hydrogen) atoms. The summed E-state index contributed by atoms with van der Waals surface area (Å²) in [5, 5.41) is 0. The van der Waals surface area contributed by atoms with Gasteiger partial charge in [-0.3, -0.25) is 0 Å². The zero-order chi connectivity index (χ0) is 11.4. The van der Waals surface area contributed by atoms with E-state index in [1.54, 1.807) is 27.0 Å². The number of hydrogen-bond acceptors (Lipinski definition) is 5. The zero-order valence-electron chi connectivity index (χ0n) is 9.27. The number of rotatable bonds is 3. The Morgan fingerprint density at radius 3 is 2.67 bits per heavy atom. The van der Waals surface area contributed by atoms with E-state index in [0.29, 0.717) is 17.3 Å². The number of esters is 1. The Kier molecular flexibility index (Phi) is 3.60. The van der Waals surface area contributed by atoms with Gasteiger partial charge < -0.3 is 9.47 Å². The molecule has 0 amide bonds. The van der Waals surface area contributed by atoms with Crippen LogP contribution in [0.15, 0.2) is 6.20 Å². The number of methoxy groups -OCH3 is 1. The van der Waals surface area contributed by atoms with Crippen LogP contribution in [-0.4, -0.2) is 29.2 Å². The van der Waals surface area contributed by atoms with Crippen LogP contribution in [0.25, 0.3) is 0 Å². The Morgan fingerprint density at radius 1 is 1.47 bits per heavy atom. The van der Waals surface area contributed by atoms with Crippen LogP contribution < -0.4 is 4.74 Å². The van der Waals surface area contributed by atoms with Gasteiger partial charge in [-0.25, -0.2) is 14.8 Å². The molecule has 0 aliphatic carbocycles. The molecule has 1 rings (SSSR count). The number of aromatic nitrogens is 2. The molecular weight excluding hydrogens is 196 g/mol. The topological polar surface area (TPSA) is 61.3 Å². The fourth-order valence-corrected chi connectivity index (χ4v) is 1.09. The van der Waals surface area contributed by atoms with E-state index in [1.165, 1.54) is 7.11 Å². The summed E-state index contributed by atoms with van der Waals surface area (Å²) in [5.41, 5.74) is 0.707. The van der Waals surface area contributed by atoms with Gasteiger partial charge in [-0.1, -0.05) is 0 Å². The summed E-state index contributed by atoms with van der Waals surface area (Å²) < 4.78 is 9.90. The number of hydrogen-bond donors (Lipinski definition) is 0. The van der Waals surface area contributed by atoms with Crippen LogP contribution in [0.3, 0.4) is 0 Å². The first-order chi connectivity index (χ1) is 7.04. The molecule has 0 saturated heterocycles. The summed E-state index contributed by atoms with van der Waals surface area (Å²) in [6, 6.07) is 0. The number of nitrogens with zero attached hydrogens (tertiary/aromatic N) is 2. The van der Waals surface area contributed by atoms with Crippen molar-refractivity contribution in [2.75, 3.05) is 7.11 Å². The quantitative estimate of drug-likeness (QED) is 0.697. The third kappa shape index (κ3) is 2.90. The minimum Gasteiger partial charge on any atom is -0.475 e. The lowest BCUT2D eigenvalue weighted by atomic mass is 10.3. The molecule has 0 radical (unpaired) electrons. The number of carbonyl (C=O) groups excluding carboxylic acids is 1.